The van der Waals surface area contributed by atoms with E-state index in [1.807, 2.05) is 13.8 Å². The van der Waals surface area contributed by atoms with E-state index in [1.165, 1.54) is 36.0 Å². The molecule has 2 aromatic carbocycles. The number of ketones is 1. The van der Waals surface area contributed by atoms with Crippen LogP contribution in [0.25, 0.3) is 0 Å². The Morgan fingerprint density at radius 1 is 1.11 bits per heavy atom. The number of carbonyl (C=O) groups is 1. The average Bonchev–Trinajstić information content (AvgIpc) is 2.81. The zero-order chi connectivity index (χ0) is 25.6. The number of hydrogen-bond donors (Lipinski definition) is 2. The van der Waals surface area contributed by atoms with Crippen molar-refractivity contribution in [3.8, 4) is 0 Å². The average molecular weight is 507 g/mol. The van der Waals surface area contributed by atoms with Gasteiger partial charge in [0.2, 0.25) is 0 Å². The number of rotatable bonds is 5. The van der Waals surface area contributed by atoms with Gasteiger partial charge in [-0.05, 0) is 35.1 Å². The van der Waals surface area contributed by atoms with Crippen molar-refractivity contribution in [1.82, 2.24) is 9.97 Å². The lowest BCUT2D eigenvalue weighted by Gasteiger charge is -2.38. The number of benzene rings is 2. The lowest BCUT2D eigenvalue weighted by Crippen LogP contribution is -2.37. The Morgan fingerprint density at radius 2 is 1.81 bits per heavy atom. The van der Waals surface area contributed by atoms with Gasteiger partial charge in [0.15, 0.2) is 10.9 Å². The fourth-order valence-corrected chi connectivity index (χ4v) is 5.63. The summed E-state index contributed by atoms with van der Waals surface area (Å²) in [7, 11) is 0. The number of H-pyrrole nitrogens is 1. The number of hydrogen-bond acceptors (Lipinski definition) is 7. The van der Waals surface area contributed by atoms with Crippen LogP contribution in [0.15, 0.2) is 69.8 Å². The van der Waals surface area contributed by atoms with Crippen LogP contribution in [0.5, 0.6) is 0 Å². The van der Waals surface area contributed by atoms with Gasteiger partial charge in [0, 0.05) is 41.5 Å². The Labute approximate surface area is 210 Å². The molecule has 0 saturated heterocycles. The molecule has 2 N–H and O–H groups in total. The second-order valence-electron chi connectivity index (χ2n) is 9.79. The van der Waals surface area contributed by atoms with Crippen molar-refractivity contribution in [2.24, 2.45) is 5.41 Å². The molecular formula is C26H23FN4O4S. The summed E-state index contributed by atoms with van der Waals surface area (Å²) in [6, 6.07) is 12.0. The topological polar surface area (TPSA) is 118 Å². The van der Waals surface area contributed by atoms with Crippen molar-refractivity contribution in [3.05, 3.63) is 103 Å². The lowest BCUT2D eigenvalue weighted by molar-refractivity contribution is -0.384. The number of thioether (sulfide) groups is 1. The SMILES string of the molecule is CC1(C)CC(=O)C2=C(C1)Nc1nc(SCc3ccc([N+](=O)[O-])cc3)[nH]c(=O)c1[C@@H]2c1ccc(F)cc1. The third kappa shape index (κ3) is 4.56. The minimum Gasteiger partial charge on any atom is -0.343 e. The standard InChI is InChI=1S/C26H23FN4O4S/c1-26(2)11-18-21(19(32)12-26)20(15-5-7-16(27)8-6-15)22-23(28-18)29-25(30-24(22)33)36-13-14-3-9-17(10-4-14)31(34)35/h3-10,20H,11-13H2,1-2H3,(H2,28,29,30,33)/t20-/m1/s1. The Bertz CT molecular complexity index is 1460. The number of fused-ring (bicyclic) bond motifs is 1. The number of allylic oxidation sites excluding steroid dienone is 2. The first-order valence-electron chi connectivity index (χ1n) is 11.4. The van der Waals surface area contributed by atoms with Crippen molar-refractivity contribution in [2.75, 3.05) is 5.32 Å². The van der Waals surface area contributed by atoms with E-state index in [0.29, 0.717) is 46.3 Å². The van der Waals surface area contributed by atoms with Gasteiger partial charge >= 0.3 is 0 Å². The largest absolute Gasteiger partial charge is 0.343 e. The smallest absolute Gasteiger partial charge is 0.269 e. The summed E-state index contributed by atoms with van der Waals surface area (Å²) in [6.07, 6.45) is 0.972. The molecule has 0 fully saturated rings. The molecular weight excluding hydrogens is 483 g/mol. The van der Waals surface area contributed by atoms with Gasteiger partial charge in [-0.2, -0.15) is 0 Å². The van der Waals surface area contributed by atoms with Gasteiger partial charge in [0.1, 0.15) is 11.6 Å². The van der Waals surface area contributed by atoms with Crippen LogP contribution in [0.4, 0.5) is 15.9 Å². The summed E-state index contributed by atoms with van der Waals surface area (Å²) in [5.41, 5.74) is 2.47. The molecule has 1 aromatic heterocycles. The van der Waals surface area contributed by atoms with Crippen molar-refractivity contribution >= 4 is 29.1 Å². The number of nitrogens with zero attached hydrogens (tertiary/aromatic N) is 2. The summed E-state index contributed by atoms with van der Waals surface area (Å²) in [5.74, 6) is -0.262. The zero-order valence-electron chi connectivity index (χ0n) is 19.6. The molecule has 0 amide bonds. The highest BCUT2D eigenvalue weighted by molar-refractivity contribution is 7.98. The second kappa shape index (κ2) is 9.02. The van der Waals surface area contributed by atoms with Crippen LogP contribution in [0.2, 0.25) is 0 Å². The number of aromatic nitrogens is 2. The molecule has 184 valence electrons. The maximum Gasteiger partial charge on any atom is 0.269 e. The van der Waals surface area contributed by atoms with Gasteiger partial charge in [-0.25, -0.2) is 9.37 Å². The van der Waals surface area contributed by atoms with E-state index in [0.717, 1.165) is 11.3 Å². The fraction of sp³-hybridized carbons (Fsp3) is 0.269. The first-order valence-corrected chi connectivity index (χ1v) is 12.4. The van der Waals surface area contributed by atoms with E-state index in [2.05, 4.69) is 15.3 Å². The number of nitrogens with one attached hydrogen (secondary N) is 2. The van der Waals surface area contributed by atoms with Crippen LogP contribution in [0.3, 0.4) is 0 Å². The Hall–Kier alpha value is -3.79. The second-order valence-corrected chi connectivity index (χ2v) is 10.8. The number of halogens is 1. The van der Waals surface area contributed by atoms with Crippen LogP contribution in [-0.2, 0) is 10.5 Å². The van der Waals surface area contributed by atoms with Crippen LogP contribution < -0.4 is 10.9 Å². The highest BCUT2D eigenvalue weighted by Gasteiger charge is 2.42. The van der Waals surface area contributed by atoms with Crippen LogP contribution in [0.1, 0.15) is 49.3 Å². The Kier molecular flexibility index (Phi) is 5.99. The van der Waals surface area contributed by atoms with Gasteiger partial charge in [-0.3, -0.25) is 19.7 Å². The molecule has 2 aliphatic rings. The summed E-state index contributed by atoms with van der Waals surface area (Å²) >= 11 is 1.29. The van der Waals surface area contributed by atoms with E-state index >= 15 is 0 Å². The minimum absolute atomic E-state index is 0.00845. The molecule has 1 aliphatic heterocycles. The number of carbonyl (C=O) groups excluding carboxylic acids is 1. The number of Topliss-reactive ketones (excluding diaryl/α,β-unsaturated/α-hetero) is 1. The first kappa shape index (κ1) is 23.9. The van der Waals surface area contributed by atoms with E-state index in [9.17, 15) is 24.1 Å². The first-order chi connectivity index (χ1) is 17.1. The zero-order valence-corrected chi connectivity index (χ0v) is 20.4. The minimum atomic E-state index is -0.648. The summed E-state index contributed by atoms with van der Waals surface area (Å²) in [6.45, 7) is 4.05. The molecule has 3 aromatic rings. The van der Waals surface area contributed by atoms with Crippen LogP contribution >= 0.6 is 11.8 Å². The number of aromatic amines is 1. The maximum absolute atomic E-state index is 13.7. The number of anilines is 1. The molecule has 1 aliphatic carbocycles. The van der Waals surface area contributed by atoms with Gasteiger partial charge in [0.25, 0.3) is 11.2 Å². The normalized spacial score (nSPS) is 18.3. The predicted molar refractivity (Wildman–Crippen MR) is 134 cm³/mol. The van der Waals surface area contributed by atoms with Crippen molar-refractivity contribution in [3.63, 3.8) is 0 Å². The Morgan fingerprint density at radius 3 is 2.47 bits per heavy atom. The molecule has 8 nitrogen and oxygen atoms in total. The highest BCUT2D eigenvalue weighted by Crippen LogP contribution is 2.47. The summed E-state index contributed by atoms with van der Waals surface area (Å²) < 4.78 is 13.7. The molecule has 1 atom stereocenters. The van der Waals surface area contributed by atoms with Crippen LogP contribution in [0, 0.1) is 21.3 Å². The molecule has 36 heavy (non-hydrogen) atoms. The molecule has 5 rings (SSSR count). The quantitative estimate of drug-likeness (QED) is 0.208. The van der Waals surface area contributed by atoms with Crippen LogP contribution in [-0.4, -0.2) is 20.7 Å². The molecule has 0 unspecified atom stereocenters. The molecule has 2 heterocycles. The monoisotopic (exact) mass is 506 g/mol. The van der Waals surface area contributed by atoms with Crippen molar-refractivity contribution in [1.29, 1.82) is 0 Å². The summed E-state index contributed by atoms with van der Waals surface area (Å²) in [4.78, 5) is 44.5. The van der Waals surface area contributed by atoms with Crippen molar-refractivity contribution in [2.45, 2.75) is 43.5 Å². The maximum atomic E-state index is 13.7. The van der Waals surface area contributed by atoms with Gasteiger partial charge in [-0.1, -0.05) is 49.9 Å². The molecule has 0 bridgehead atoms. The van der Waals surface area contributed by atoms with Crippen molar-refractivity contribution < 1.29 is 14.1 Å². The third-order valence-corrected chi connectivity index (χ3v) is 7.37. The molecule has 10 heteroatoms. The summed E-state index contributed by atoms with van der Waals surface area (Å²) in [5, 5.41) is 14.5. The van der Waals surface area contributed by atoms with E-state index in [1.54, 1.807) is 24.3 Å². The molecule has 0 spiro atoms. The van der Waals surface area contributed by atoms with E-state index in [4.69, 9.17) is 0 Å². The lowest BCUT2D eigenvalue weighted by atomic mass is 9.69. The number of nitro benzene ring substituents is 1. The highest BCUT2D eigenvalue weighted by atomic mass is 32.2. The third-order valence-electron chi connectivity index (χ3n) is 6.43. The van der Waals surface area contributed by atoms with Gasteiger partial charge in [0.05, 0.1) is 10.5 Å². The molecule has 0 radical (unpaired) electrons. The Balaban J connectivity index is 1.52. The van der Waals surface area contributed by atoms with Gasteiger partial charge < -0.3 is 10.3 Å². The predicted octanol–water partition coefficient (Wildman–Crippen LogP) is 5.31. The number of nitro groups is 1. The van der Waals surface area contributed by atoms with Gasteiger partial charge in [-0.15, -0.1) is 0 Å². The van der Waals surface area contributed by atoms with E-state index in [-0.39, 0.29) is 22.4 Å². The molecule has 0 saturated carbocycles. The van der Waals surface area contributed by atoms with E-state index < -0.39 is 16.7 Å². The fourth-order valence-electron chi connectivity index (χ4n) is 4.82. The number of non-ortho nitro benzene ring substituents is 1.